The quantitative estimate of drug-likeness (QED) is 0.345. The Morgan fingerprint density at radius 2 is 1.97 bits per heavy atom. The standard InChI is InChI=1S/C31H40O6/c1-20-7-4-8-23(16-20)13-14-26(32)28-19-29-31(37-29)27(33)18-22(3)15-21(2)17-25-11-5-9-24(35-25)10-6-12-30(34)36-28/h4-9,12-14,16,21,24-29,31-33H,3,10-11,15,17-19H2,1-2H3/t21-,24-,25-,26-,27-,28-,29-,31-/m0/s1. The van der Waals surface area contributed by atoms with Crippen LogP contribution in [0.15, 0.2) is 66.8 Å². The Balaban J connectivity index is 1.47. The van der Waals surface area contributed by atoms with Crippen molar-refractivity contribution >= 4 is 12.0 Å². The van der Waals surface area contributed by atoms with Gasteiger partial charge in [0.15, 0.2) is 0 Å². The van der Waals surface area contributed by atoms with Gasteiger partial charge in [-0.2, -0.15) is 0 Å². The molecule has 3 aliphatic rings. The molecule has 6 nitrogen and oxygen atoms in total. The number of epoxide rings is 1. The number of carbonyl (C=O) groups is 1. The Morgan fingerprint density at radius 1 is 1.14 bits per heavy atom. The second kappa shape index (κ2) is 12.8. The Hall–Kier alpha value is -2.51. The fourth-order valence-corrected chi connectivity index (χ4v) is 5.30. The zero-order valence-electron chi connectivity index (χ0n) is 21.9. The normalized spacial score (nSPS) is 34.3. The number of esters is 1. The molecule has 0 spiro atoms. The molecule has 0 saturated carbocycles. The largest absolute Gasteiger partial charge is 0.456 e. The van der Waals surface area contributed by atoms with Crippen molar-refractivity contribution < 1.29 is 29.2 Å². The predicted octanol–water partition coefficient (Wildman–Crippen LogP) is 4.84. The molecule has 0 amide bonds. The van der Waals surface area contributed by atoms with E-state index in [1.165, 1.54) is 6.08 Å². The summed E-state index contributed by atoms with van der Waals surface area (Å²) in [6, 6.07) is 7.92. The fourth-order valence-electron chi connectivity index (χ4n) is 5.30. The highest BCUT2D eigenvalue weighted by atomic mass is 16.6. The van der Waals surface area contributed by atoms with Gasteiger partial charge in [-0.05, 0) is 50.5 Å². The number of aryl methyl sites for hydroxylation is 1. The molecule has 1 aromatic rings. The topological polar surface area (TPSA) is 88.5 Å². The van der Waals surface area contributed by atoms with Crippen molar-refractivity contribution in [2.45, 2.75) is 95.1 Å². The highest BCUT2D eigenvalue weighted by Crippen LogP contribution is 2.34. The number of rotatable bonds is 3. The van der Waals surface area contributed by atoms with Gasteiger partial charge >= 0.3 is 5.97 Å². The minimum Gasteiger partial charge on any atom is -0.456 e. The van der Waals surface area contributed by atoms with Gasteiger partial charge in [0.2, 0.25) is 0 Å². The van der Waals surface area contributed by atoms with Crippen LogP contribution in [0.5, 0.6) is 0 Å². The molecule has 3 aliphatic heterocycles. The molecule has 6 heteroatoms. The van der Waals surface area contributed by atoms with Gasteiger partial charge in [0.05, 0.1) is 24.4 Å². The Kier molecular flexibility index (Phi) is 9.54. The average Bonchev–Trinajstić information content (AvgIpc) is 3.61. The van der Waals surface area contributed by atoms with Crippen molar-refractivity contribution in [3.05, 3.63) is 77.9 Å². The molecule has 2 N–H and O–H groups in total. The summed E-state index contributed by atoms with van der Waals surface area (Å²) < 4.78 is 17.7. The number of hydrogen-bond donors (Lipinski definition) is 2. The number of carbonyl (C=O) groups excluding carboxylic acids is 1. The summed E-state index contributed by atoms with van der Waals surface area (Å²) in [5.74, 6) is -0.137. The minimum absolute atomic E-state index is 0.0850. The lowest BCUT2D eigenvalue weighted by Gasteiger charge is -2.28. The lowest BCUT2D eigenvalue weighted by atomic mass is 9.91. The maximum atomic E-state index is 12.6. The first-order valence-corrected chi connectivity index (χ1v) is 13.4. The first-order valence-electron chi connectivity index (χ1n) is 13.4. The van der Waals surface area contributed by atoms with Crippen molar-refractivity contribution in [2.75, 3.05) is 0 Å². The van der Waals surface area contributed by atoms with Crippen LogP contribution in [0.4, 0.5) is 0 Å². The maximum Gasteiger partial charge on any atom is 0.330 e. The van der Waals surface area contributed by atoms with E-state index in [4.69, 9.17) is 14.2 Å². The summed E-state index contributed by atoms with van der Waals surface area (Å²) >= 11 is 0. The predicted molar refractivity (Wildman–Crippen MR) is 144 cm³/mol. The van der Waals surface area contributed by atoms with Crippen LogP contribution in [-0.4, -0.2) is 58.9 Å². The number of cyclic esters (lactones) is 1. The van der Waals surface area contributed by atoms with Crippen LogP contribution in [0, 0.1) is 12.8 Å². The molecule has 2 bridgehead atoms. The van der Waals surface area contributed by atoms with E-state index < -0.39 is 24.3 Å². The van der Waals surface area contributed by atoms with E-state index in [1.54, 1.807) is 12.2 Å². The van der Waals surface area contributed by atoms with Crippen molar-refractivity contribution in [1.82, 2.24) is 0 Å². The summed E-state index contributed by atoms with van der Waals surface area (Å²) in [5, 5.41) is 21.7. The number of ether oxygens (including phenoxy) is 3. The van der Waals surface area contributed by atoms with Crippen LogP contribution in [0.25, 0.3) is 6.08 Å². The molecular weight excluding hydrogens is 468 g/mol. The molecular formula is C31H40O6. The second-order valence-electron chi connectivity index (χ2n) is 10.8. The van der Waals surface area contributed by atoms with E-state index in [0.29, 0.717) is 25.2 Å². The third-order valence-electron chi connectivity index (χ3n) is 7.18. The van der Waals surface area contributed by atoms with Crippen molar-refractivity contribution in [1.29, 1.82) is 0 Å². The fraction of sp³-hybridized carbons (Fsp3) is 0.516. The summed E-state index contributed by atoms with van der Waals surface area (Å²) in [7, 11) is 0. The van der Waals surface area contributed by atoms with Crippen molar-refractivity contribution in [3.8, 4) is 0 Å². The van der Waals surface area contributed by atoms with Crippen LogP contribution in [0.2, 0.25) is 0 Å². The van der Waals surface area contributed by atoms with E-state index in [-0.39, 0.29) is 24.4 Å². The number of hydrogen-bond acceptors (Lipinski definition) is 6. The molecule has 1 fully saturated rings. The number of fused-ring (bicyclic) bond motifs is 3. The minimum atomic E-state index is -1.02. The van der Waals surface area contributed by atoms with Gasteiger partial charge in [0, 0.05) is 12.5 Å². The third-order valence-corrected chi connectivity index (χ3v) is 7.18. The number of benzene rings is 1. The molecule has 1 aromatic carbocycles. The van der Waals surface area contributed by atoms with E-state index in [9.17, 15) is 15.0 Å². The first-order chi connectivity index (χ1) is 17.8. The molecule has 0 unspecified atom stereocenters. The van der Waals surface area contributed by atoms with Crippen LogP contribution in [0.1, 0.15) is 56.6 Å². The average molecular weight is 509 g/mol. The van der Waals surface area contributed by atoms with Crippen molar-refractivity contribution in [3.63, 3.8) is 0 Å². The van der Waals surface area contributed by atoms with Gasteiger partial charge in [-0.15, -0.1) is 0 Å². The van der Waals surface area contributed by atoms with Crippen molar-refractivity contribution in [2.24, 2.45) is 5.92 Å². The molecule has 37 heavy (non-hydrogen) atoms. The van der Waals surface area contributed by atoms with Crippen LogP contribution in [0.3, 0.4) is 0 Å². The number of aliphatic hydroxyl groups is 2. The third kappa shape index (κ3) is 8.50. The van der Waals surface area contributed by atoms with E-state index in [0.717, 1.165) is 36.0 Å². The van der Waals surface area contributed by atoms with Gasteiger partial charge in [-0.3, -0.25) is 0 Å². The lowest BCUT2D eigenvalue weighted by Crippen LogP contribution is -2.32. The van der Waals surface area contributed by atoms with Gasteiger partial charge in [0.1, 0.15) is 18.3 Å². The SMILES string of the molecule is C=C1C[C@H](C)C[C@@H]2CC=C[C@@H](CC=CC(=O)O[C@H]([C@@H](O)C=Cc3cccc(C)c3)C[C@@H]3O[C@H]3[C@@H](O)C1)O2. The van der Waals surface area contributed by atoms with Gasteiger partial charge in [-0.25, -0.2) is 4.79 Å². The van der Waals surface area contributed by atoms with E-state index >= 15 is 0 Å². The molecule has 4 rings (SSSR count). The van der Waals surface area contributed by atoms with E-state index in [2.05, 4.69) is 19.6 Å². The van der Waals surface area contributed by atoms with Crippen LogP contribution >= 0.6 is 0 Å². The zero-order chi connectivity index (χ0) is 26.4. The molecule has 0 aliphatic carbocycles. The Morgan fingerprint density at radius 3 is 2.78 bits per heavy atom. The highest BCUT2D eigenvalue weighted by molar-refractivity contribution is 5.82. The van der Waals surface area contributed by atoms with Gasteiger partial charge in [-0.1, -0.05) is 79.3 Å². The zero-order valence-corrected chi connectivity index (χ0v) is 21.9. The van der Waals surface area contributed by atoms with Crippen LogP contribution in [-0.2, 0) is 19.0 Å². The maximum absolute atomic E-state index is 12.6. The molecule has 8 atom stereocenters. The van der Waals surface area contributed by atoms with Gasteiger partial charge < -0.3 is 24.4 Å². The first kappa shape index (κ1) is 27.5. The highest BCUT2D eigenvalue weighted by Gasteiger charge is 2.46. The summed E-state index contributed by atoms with van der Waals surface area (Å²) in [5.41, 5.74) is 3.06. The second-order valence-corrected chi connectivity index (χ2v) is 10.8. The molecule has 0 aromatic heterocycles. The molecule has 200 valence electrons. The Bertz CT molecular complexity index is 1030. The smallest absolute Gasteiger partial charge is 0.330 e. The summed E-state index contributed by atoms with van der Waals surface area (Å²) in [4.78, 5) is 12.6. The number of aliphatic hydroxyl groups excluding tert-OH is 2. The molecule has 0 radical (unpaired) electrons. The van der Waals surface area contributed by atoms with Gasteiger partial charge in [0.25, 0.3) is 0 Å². The summed E-state index contributed by atoms with van der Waals surface area (Å²) in [6.45, 7) is 8.39. The molecule has 3 heterocycles. The molecule has 1 saturated heterocycles. The lowest BCUT2D eigenvalue weighted by molar-refractivity contribution is -0.147. The van der Waals surface area contributed by atoms with Crippen LogP contribution < -0.4 is 0 Å². The summed E-state index contributed by atoms with van der Waals surface area (Å²) in [6.07, 6.45) is 11.6. The van der Waals surface area contributed by atoms with E-state index in [1.807, 2.05) is 43.3 Å². The Labute approximate surface area is 220 Å². The monoisotopic (exact) mass is 508 g/mol.